The second kappa shape index (κ2) is 8.58. The number of amides is 1. The number of nitriles is 1. The monoisotopic (exact) mass is 444 g/mol. The van der Waals surface area contributed by atoms with E-state index >= 15 is 0 Å². The van der Waals surface area contributed by atoms with Crippen molar-refractivity contribution in [2.75, 3.05) is 7.11 Å². The largest absolute Gasteiger partial charge is 0.469 e. The maximum Gasteiger partial charge on any atom is 0.307 e. The molecule has 3 aromatic rings. The zero-order valence-electron chi connectivity index (χ0n) is 15.7. The molecule has 1 aromatic heterocycles. The Bertz CT molecular complexity index is 1350. The van der Waals surface area contributed by atoms with Crippen molar-refractivity contribution in [3.63, 3.8) is 0 Å². The van der Waals surface area contributed by atoms with E-state index < -0.39 is 21.9 Å². The number of thiazole rings is 1. The molecule has 1 heterocycles. The molecule has 0 spiro atoms. The van der Waals surface area contributed by atoms with Crippen LogP contribution in [-0.2, 0) is 26.1 Å². The SMILES string of the molecule is COC(=O)CCn1c(=NC(=O)c2ccc(C#N)cc2)sc2cc(S(N)(=O)=O)ccc21. The number of hydrogen-bond acceptors (Lipinski definition) is 7. The number of methoxy groups -OCH3 is 1. The molecule has 0 unspecified atom stereocenters. The number of benzene rings is 2. The van der Waals surface area contributed by atoms with Crippen LogP contribution in [0, 0.1) is 11.3 Å². The molecule has 2 N–H and O–H groups in total. The highest BCUT2D eigenvalue weighted by Crippen LogP contribution is 2.22. The molecule has 0 aliphatic rings. The van der Waals surface area contributed by atoms with Gasteiger partial charge in [-0.1, -0.05) is 11.3 Å². The normalized spacial score (nSPS) is 12.0. The minimum absolute atomic E-state index is 0.0392. The zero-order chi connectivity index (χ0) is 21.9. The van der Waals surface area contributed by atoms with E-state index in [9.17, 15) is 18.0 Å². The van der Waals surface area contributed by atoms with Crippen molar-refractivity contribution < 1.29 is 22.7 Å². The predicted octanol–water partition coefficient (Wildman–Crippen LogP) is 1.53. The minimum atomic E-state index is -3.90. The van der Waals surface area contributed by atoms with Gasteiger partial charge in [0.2, 0.25) is 10.0 Å². The summed E-state index contributed by atoms with van der Waals surface area (Å²) < 4.78 is 30.2. The smallest absolute Gasteiger partial charge is 0.307 e. The summed E-state index contributed by atoms with van der Waals surface area (Å²) in [6, 6.07) is 12.3. The predicted molar refractivity (Wildman–Crippen MR) is 109 cm³/mol. The van der Waals surface area contributed by atoms with Crippen LogP contribution in [0.2, 0.25) is 0 Å². The Morgan fingerprint density at radius 2 is 1.93 bits per heavy atom. The molecule has 154 valence electrons. The van der Waals surface area contributed by atoms with E-state index in [-0.39, 0.29) is 28.2 Å². The molecule has 0 saturated heterocycles. The van der Waals surface area contributed by atoms with Crippen LogP contribution < -0.4 is 9.94 Å². The topological polar surface area (TPSA) is 145 Å². The summed E-state index contributed by atoms with van der Waals surface area (Å²) >= 11 is 1.10. The Kier molecular flexibility index (Phi) is 6.12. The summed E-state index contributed by atoms with van der Waals surface area (Å²) in [5.74, 6) is -0.975. The third-order valence-electron chi connectivity index (χ3n) is 4.21. The lowest BCUT2D eigenvalue weighted by Gasteiger charge is -2.05. The van der Waals surface area contributed by atoms with Crippen molar-refractivity contribution in [2.24, 2.45) is 10.1 Å². The van der Waals surface area contributed by atoms with Crippen molar-refractivity contribution in [3.8, 4) is 6.07 Å². The van der Waals surface area contributed by atoms with Gasteiger partial charge in [-0.15, -0.1) is 0 Å². The number of carbonyl (C=O) groups is 2. The fourth-order valence-electron chi connectivity index (χ4n) is 2.68. The quantitative estimate of drug-likeness (QED) is 0.591. The Labute approximate surface area is 175 Å². The Morgan fingerprint density at radius 1 is 1.23 bits per heavy atom. The number of aromatic nitrogens is 1. The standard InChI is InChI=1S/C19H16N4O5S2/c1-28-17(24)8-9-23-15-7-6-14(30(21,26)27)10-16(15)29-19(23)22-18(25)13-4-2-12(11-20)3-5-13/h2-7,10H,8-9H2,1H3,(H2,21,26,27). The van der Waals surface area contributed by atoms with Crippen LogP contribution in [0.3, 0.4) is 0 Å². The number of nitrogens with two attached hydrogens (primary N) is 1. The highest BCUT2D eigenvalue weighted by Gasteiger charge is 2.14. The molecule has 0 bridgehead atoms. The van der Waals surface area contributed by atoms with Crippen molar-refractivity contribution >= 4 is 43.5 Å². The lowest BCUT2D eigenvalue weighted by Crippen LogP contribution is -2.19. The van der Waals surface area contributed by atoms with Crippen LogP contribution in [0.4, 0.5) is 0 Å². The summed E-state index contributed by atoms with van der Waals surface area (Å²) in [4.78, 5) is 28.6. The maximum absolute atomic E-state index is 12.6. The summed E-state index contributed by atoms with van der Waals surface area (Å²) in [7, 11) is -2.63. The van der Waals surface area contributed by atoms with Gasteiger partial charge in [-0.05, 0) is 42.5 Å². The Morgan fingerprint density at radius 3 is 2.53 bits per heavy atom. The third-order valence-corrected chi connectivity index (χ3v) is 6.16. The lowest BCUT2D eigenvalue weighted by molar-refractivity contribution is -0.140. The van der Waals surface area contributed by atoms with E-state index in [1.165, 1.54) is 43.5 Å². The van der Waals surface area contributed by atoms with Gasteiger partial charge in [0.1, 0.15) is 0 Å². The lowest BCUT2D eigenvalue weighted by atomic mass is 10.1. The molecule has 0 aliphatic carbocycles. The van der Waals surface area contributed by atoms with Gasteiger partial charge in [-0.25, -0.2) is 13.6 Å². The van der Waals surface area contributed by atoms with E-state index in [0.717, 1.165) is 11.3 Å². The van der Waals surface area contributed by atoms with E-state index in [1.807, 2.05) is 6.07 Å². The van der Waals surface area contributed by atoms with E-state index in [2.05, 4.69) is 9.73 Å². The van der Waals surface area contributed by atoms with Gasteiger partial charge in [0.15, 0.2) is 4.80 Å². The minimum Gasteiger partial charge on any atom is -0.469 e. The number of esters is 1. The van der Waals surface area contributed by atoms with Gasteiger partial charge in [0.05, 0.1) is 40.3 Å². The molecule has 0 aliphatic heterocycles. The molecule has 0 atom stereocenters. The molecular formula is C19H16N4O5S2. The van der Waals surface area contributed by atoms with Gasteiger partial charge < -0.3 is 9.30 Å². The molecule has 30 heavy (non-hydrogen) atoms. The van der Waals surface area contributed by atoms with Gasteiger partial charge in [-0.3, -0.25) is 9.59 Å². The molecule has 9 nitrogen and oxygen atoms in total. The van der Waals surface area contributed by atoms with Gasteiger partial charge in [0, 0.05) is 12.1 Å². The fraction of sp³-hybridized carbons (Fsp3) is 0.158. The number of sulfonamides is 1. The number of ether oxygens (including phenoxy) is 1. The van der Waals surface area contributed by atoms with Crippen LogP contribution in [0.25, 0.3) is 10.2 Å². The summed E-state index contributed by atoms with van der Waals surface area (Å²) in [5, 5.41) is 14.1. The van der Waals surface area contributed by atoms with Gasteiger partial charge >= 0.3 is 5.97 Å². The molecule has 2 aromatic carbocycles. The van der Waals surface area contributed by atoms with E-state index in [0.29, 0.717) is 15.8 Å². The number of aryl methyl sites for hydroxylation is 1. The maximum atomic E-state index is 12.6. The van der Waals surface area contributed by atoms with Crippen molar-refractivity contribution in [1.29, 1.82) is 5.26 Å². The van der Waals surface area contributed by atoms with Gasteiger partial charge in [-0.2, -0.15) is 10.3 Å². The second-order valence-corrected chi connectivity index (χ2v) is 8.71. The van der Waals surface area contributed by atoms with Crippen molar-refractivity contribution in [2.45, 2.75) is 17.9 Å². The highest BCUT2D eigenvalue weighted by molar-refractivity contribution is 7.89. The Hall–Kier alpha value is -3.33. The van der Waals surface area contributed by atoms with Gasteiger partial charge in [0.25, 0.3) is 5.91 Å². The first-order valence-electron chi connectivity index (χ1n) is 8.55. The first-order chi connectivity index (χ1) is 14.2. The molecule has 11 heteroatoms. The van der Waals surface area contributed by atoms with E-state index in [1.54, 1.807) is 10.6 Å². The summed E-state index contributed by atoms with van der Waals surface area (Å²) in [5.41, 5.74) is 1.30. The van der Waals surface area contributed by atoms with Crippen molar-refractivity contribution in [3.05, 3.63) is 58.4 Å². The van der Waals surface area contributed by atoms with Crippen LogP contribution in [-0.4, -0.2) is 32.0 Å². The summed E-state index contributed by atoms with van der Waals surface area (Å²) in [6.45, 7) is 0.181. The zero-order valence-corrected chi connectivity index (χ0v) is 17.4. The molecular weight excluding hydrogens is 428 g/mol. The number of rotatable bonds is 5. The first-order valence-corrected chi connectivity index (χ1v) is 10.9. The molecule has 3 rings (SSSR count). The number of primary sulfonamides is 1. The fourth-order valence-corrected chi connectivity index (χ4v) is 4.38. The Balaban J connectivity index is 2.12. The van der Waals surface area contributed by atoms with Crippen LogP contribution in [0.1, 0.15) is 22.3 Å². The molecule has 0 saturated carbocycles. The number of nitrogens with zero attached hydrogens (tertiary/aromatic N) is 3. The molecule has 1 amide bonds. The third kappa shape index (κ3) is 4.62. The summed E-state index contributed by atoms with van der Waals surface area (Å²) in [6.07, 6.45) is 0.0392. The number of hydrogen-bond donors (Lipinski definition) is 1. The molecule has 0 radical (unpaired) electrons. The van der Waals surface area contributed by atoms with Crippen molar-refractivity contribution in [1.82, 2.24) is 4.57 Å². The highest BCUT2D eigenvalue weighted by atomic mass is 32.2. The second-order valence-electron chi connectivity index (χ2n) is 6.14. The number of carbonyl (C=O) groups excluding carboxylic acids is 2. The van der Waals surface area contributed by atoms with Crippen LogP contribution in [0.5, 0.6) is 0 Å². The molecule has 0 fully saturated rings. The first kappa shape index (κ1) is 21.4. The van der Waals surface area contributed by atoms with E-state index in [4.69, 9.17) is 10.4 Å². The van der Waals surface area contributed by atoms with Crippen LogP contribution in [0.15, 0.2) is 52.4 Å². The number of fused-ring (bicyclic) bond motifs is 1. The average Bonchev–Trinajstić information content (AvgIpc) is 3.07. The average molecular weight is 444 g/mol. The van der Waals surface area contributed by atoms with Crippen LogP contribution >= 0.6 is 11.3 Å².